The van der Waals surface area contributed by atoms with Crippen molar-refractivity contribution in [1.82, 2.24) is 19.9 Å². The van der Waals surface area contributed by atoms with Gasteiger partial charge in [-0.1, -0.05) is 25.1 Å². The number of benzene rings is 2. The number of aromatic amines is 2. The number of ether oxygens (including phenoxy) is 4. The zero-order valence-electron chi connectivity index (χ0n) is 35.1. The first-order chi connectivity index (χ1) is 27.1. The van der Waals surface area contributed by atoms with E-state index in [0.29, 0.717) is 54.6 Å². The number of halogens is 1. The lowest BCUT2D eigenvalue weighted by Crippen LogP contribution is -2.44. The second-order valence-corrected chi connectivity index (χ2v) is 17.5. The highest BCUT2D eigenvalue weighted by Crippen LogP contribution is 2.37. The summed E-state index contributed by atoms with van der Waals surface area (Å²) in [4.78, 5) is 38.9. The summed E-state index contributed by atoms with van der Waals surface area (Å²) in [6.45, 7) is 22.4. The van der Waals surface area contributed by atoms with Crippen molar-refractivity contribution in [3.8, 4) is 23.4 Å². The van der Waals surface area contributed by atoms with E-state index in [1.807, 2.05) is 86.6 Å². The quantitative estimate of drug-likeness (QED) is 0.116. The van der Waals surface area contributed by atoms with Crippen molar-refractivity contribution in [1.29, 1.82) is 10.5 Å². The molecule has 0 spiro atoms. The molecule has 3 fully saturated rings. The highest BCUT2D eigenvalue weighted by atomic mass is 127. The monoisotopic (exact) mass is 920 g/mol. The van der Waals surface area contributed by atoms with Gasteiger partial charge in [-0.3, -0.25) is 0 Å². The summed E-state index contributed by atoms with van der Waals surface area (Å²) in [6.07, 6.45) is 0. The van der Waals surface area contributed by atoms with E-state index in [1.54, 1.807) is 6.07 Å². The lowest BCUT2D eigenvalue weighted by Gasteiger charge is -2.36. The van der Waals surface area contributed by atoms with Crippen LogP contribution in [0.15, 0.2) is 24.3 Å². The number of imidazole rings is 2. The molecule has 5 heterocycles. The largest absolute Gasteiger partial charge is 0.495 e. The fourth-order valence-corrected chi connectivity index (χ4v) is 7.11. The maximum absolute atomic E-state index is 12.0. The number of H-pyrrole nitrogens is 2. The number of nitrogens with zero attached hydrogens (tertiary/aromatic N) is 4. The Morgan fingerprint density at radius 1 is 0.712 bits per heavy atom. The third-order valence-corrected chi connectivity index (χ3v) is 12.0. The van der Waals surface area contributed by atoms with Crippen LogP contribution in [-0.4, -0.2) is 90.8 Å². The molecule has 3 saturated heterocycles. The molecule has 4 aromatic rings. The fraction of sp³-hybridized carbons (Fsp3) is 0.488. The summed E-state index contributed by atoms with van der Waals surface area (Å²) in [5.74, 6) is 0.858. The van der Waals surface area contributed by atoms with Gasteiger partial charge < -0.3 is 38.2 Å². The number of esters is 2. The van der Waals surface area contributed by atoms with Crippen molar-refractivity contribution >= 4 is 47.1 Å². The van der Waals surface area contributed by atoms with E-state index >= 15 is 0 Å². The number of hydrogen-bond donors (Lipinski definition) is 2. The number of aryl methyl sites for hydroxylation is 4. The van der Waals surface area contributed by atoms with Gasteiger partial charge in [0.2, 0.25) is 0 Å². The summed E-state index contributed by atoms with van der Waals surface area (Å²) in [5, 5.41) is 18.2. The molecule has 3 aliphatic rings. The van der Waals surface area contributed by atoms with Gasteiger partial charge in [0.1, 0.15) is 27.5 Å². The van der Waals surface area contributed by atoms with Crippen LogP contribution in [0.1, 0.15) is 115 Å². The zero-order valence-corrected chi connectivity index (χ0v) is 37.3. The molecule has 314 valence electrons. The van der Waals surface area contributed by atoms with E-state index in [4.69, 9.17) is 33.5 Å². The molecule has 0 radical (unpaired) electrons. The van der Waals surface area contributed by atoms with Gasteiger partial charge in [0, 0.05) is 5.56 Å². The van der Waals surface area contributed by atoms with E-state index in [9.17, 15) is 14.9 Å². The first kappa shape index (κ1) is 47.1. The molecule has 2 N–H and O–H groups in total. The molecular formula is C43H54BIN6O8. The van der Waals surface area contributed by atoms with Crippen LogP contribution in [0.4, 0.5) is 0 Å². The van der Waals surface area contributed by atoms with Crippen LogP contribution in [-0.2, 0) is 39.1 Å². The molecule has 0 aliphatic carbocycles. The average molecular weight is 921 g/mol. The summed E-state index contributed by atoms with van der Waals surface area (Å²) in [7, 11) is 2.27. The van der Waals surface area contributed by atoms with E-state index in [0.717, 1.165) is 48.6 Å². The summed E-state index contributed by atoms with van der Waals surface area (Å²) in [6, 6.07) is 11.6. The van der Waals surface area contributed by atoms with Crippen LogP contribution in [0.2, 0.25) is 0 Å². The van der Waals surface area contributed by atoms with E-state index in [1.165, 1.54) is 14.2 Å². The molecule has 7 rings (SSSR count). The van der Waals surface area contributed by atoms with E-state index in [2.05, 4.69) is 55.5 Å². The van der Waals surface area contributed by atoms with Crippen molar-refractivity contribution in [3.05, 3.63) is 84.4 Å². The first-order valence-corrected chi connectivity index (χ1v) is 19.8. The number of rotatable bonds is 6. The minimum absolute atomic E-state index is 0. The Kier molecular flexibility index (Phi) is 14.3. The number of hydrogen-bond acceptors (Lipinski definition) is 12. The van der Waals surface area contributed by atoms with Crippen molar-refractivity contribution in [2.45, 2.75) is 98.7 Å². The molecule has 3 aliphatic heterocycles. The maximum Gasteiger partial charge on any atom is 0.495 e. The van der Waals surface area contributed by atoms with Crippen LogP contribution >= 0.6 is 22.6 Å². The number of nitrogens with one attached hydrogen (secondary N) is 2. The predicted molar refractivity (Wildman–Crippen MR) is 232 cm³/mol. The predicted octanol–water partition coefficient (Wildman–Crippen LogP) is 6.84. The maximum atomic E-state index is 12.0. The molecule has 2 aromatic heterocycles. The summed E-state index contributed by atoms with van der Waals surface area (Å²) >= 11 is 2.08. The average Bonchev–Trinajstić information content (AvgIpc) is 3.81. The van der Waals surface area contributed by atoms with Crippen LogP contribution in [0, 0.1) is 54.1 Å². The lowest BCUT2D eigenvalue weighted by molar-refractivity contribution is -0.0540. The minimum Gasteiger partial charge on any atom is -0.465 e. The molecule has 0 amide bonds. The lowest BCUT2D eigenvalue weighted by atomic mass is 9.75. The number of nitriles is 2. The second-order valence-electron chi connectivity index (χ2n) is 16.5. The highest BCUT2D eigenvalue weighted by Gasteiger charge is 2.52. The smallest absolute Gasteiger partial charge is 0.465 e. The van der Waals surface area contributed by atoms with Gasteiger partial charge in [-0.25, -0.2) is 19.6 Å². The van der Waals surface area contributed by atoms with Crippen molar-refractivity contribution in [2.24, 2.45) is 0 Å². The third-order valence-electron chi connectivity index (χ3n) is 11.2. The number of carbonyl (C=O) groups excluding carboxylic acids is 2. The molecule has 0 atom stereocenters. The second kappa shape index (κ2) is 18.0. The molecule has 16 heteroatoms. The van der Waals surface area contributed by atoms with E-state index in [-0.39, 0.29) is 24.2 Å². The normalized spacial score (nSPS) is 17.5. The SMILES string of the molecule is C.CC1(c2nc(C#N)c(I)[nH]2)COC1.COC(=O)c1cc(-c2[nH]c(C3(C)COC3)nc2C#N)c(C)cc1C.COC(=O)c1cc(B2OC(C)(C)C(C)(C)O2)c(C)cc1C. The first-order valence-electron chi connectivity index (χ1n) is 18.7. The Balaban J connectivity index is 0.000000202. The Labute approximate surface area is 361 Å². The van der Waals surface area contributed by atoms with Gasteiger partial charge in [-0.05, 0) is 126 Å². The van der Waals surface area contributed by atoms with Gasteiger partial charge in [0.05, 0.1) is 79.5 Å². The van der Waals surface area contributed by atoms with E-state index < -0.39 is 24.3 Å². The van der Waals surface area contributed by atoms with Crippen LogP contribution in [0.25, 0.3) is 11.3 Å². The van der Waals surface area contributed by atoms with Crippen LogP contribution in [0.3, 0.4) is 0 Å². The fourth-order valence-electron chi connectivity index (χ4n) is 6.61. The molecule has 0 saturated carbocycles. The number of carbonyl (C=O) groups is 2. The Morgan fingerprint density at radius 3 is 1.58 bits per heavy atom. The molecular weight excluding hydrogens is 866 g/mol. The molecule has 2 aromatic carbocycles. The van der Waals surface area contributed by atoms with Crippen LogP contribution in [0.5, 0.6) is 0 Å². The molecule has 59 heavy (non-hydrogen) atoms. The minimum atomic E-state index is -0.473. The summed E-state index contributed by atoms with van der Waals surface area (Å²) in [5.41, 5.74) is 6.81. The molecule has 0 unspecified atom stereocenters. The van der Waals surface area contributed by atoms with Crippen molar-refractivity contribution in [2.75, 3.05) is 40.6 Å². The van der Waals surface area contributed by atoms with Gasteiger partial charge >= 0.3 is 19.1 Å². The summed E-state index contributed by atoms with van der Waals surface area (Å²) < 4.78 is 33.0. The Morgan fingerprint density at radius 2 is 1.15 bits per heavy atom. The van der Waals surface area contributed by atoms with Crippen molar-refractivity contribution in [3.63, 3.8) is 0 Å². The third kappa shape index (κ3) is 9.42. The molecule has 0 bridgehead atoms. The topological polar surface area (TPSA) is 194 Å². The van der Waals surface area contributed by atoms with Gasteiger partial charge in [-0.15, -0.1) is 0 Å². The Hall–Kier alpha value is -4.59. The van der Waals surface area contributed by atoms with Gasteiger partial charge in [-0.2, -0.15) is 10.5 Å². The van der Waals surface area contributed by atoms with Gasteiger partial charge in [0.25, 0.3) is 0 Å². The van der Waals surface area contributed by atoms with Crippen molar-refractivity contribution < 1.29 is 37.8 Å². The van der Waals surface area contributed by atoms with Crippen LogP contribution < -0.4 is 5.46 Å². The zero-order chi connectivity index (χ0) is 43.0. The number of aromatic nitrogens is 4. The standard InChI is InChI=1S/C18H19N3O3.C16H23BO4.C8H8IN3O.CH4/c1-10-5-11(2)13(16(22)23-4)6-12(10)15-14(7-19)20-17(21-15)18(3)8-24-9-18;1-10-8-11(2)13(9-12(10)14(18)19-7)17-20-15(3,4)16(5,6)21-17;1-8(3-13-4-8)7-11-5(2-10)6(9)12-7;/h5-6H,8-9H2,1-4H3,(H,20,21);8-9H,1-7H3;3-4H2,1H3,(H,11,12);1H4. The Bertz CT molecular complexity index is 2300. The highest BCUT2D eigenvalue weighted by molar-refractivity contribution is 14.1. The number of methoxy groups -OCH3 is 2. The molecule has 14 nitrogen and oxygen atoms in total. The van der Waals surface area contributed by atoms with Gasteiger partial charge in [0.15, 0.2) is 11.4 Å².